The second-order valence-electron chi connectivity index (χ2n) is 9.62. The van der Waals surface area contributed by atoms with Crippen molar-refractivity contribution in [2.24, 2.45) is 0 Å². The molecule has 1 aromatic heterocycles. The highest BCUT2D eigenvalue weighted by atomic mass is 16.2. The van der Waals surface area contributed by atoms with E-state index in [1.54, 1.807) is 0 Å². The summed E-state index contributed by atoms with van der Waals surface area (Å²) in [5.74, 6) is 0.784. The van der Waals surface area contributed by atoms with Crippen molar-refractivity contribution in [1.29, 1.82) is 0 Å². The molecule has 1 atom stereocenters. The molecule has 2 N–H and O–H groups in total. The van der Waals surface area contributed by atoms with E-state index in [2.05, 4.69) is 40.7 Å². The third-order valence-electron chi connectivity index (χ3n) is 6.66. The summed E-state index contributed by atoms with van der Waals surface area (Å²) in [5, 5.41) is 6.98. The van der Waals surface area contributed by atoms with E-state index >= 15 is 0 Å². The first kappa shape index (κ1) is 24.7. The first-order valence-corrected chi connectivity index (χ1v) is 12.8. The quantitative estimate of drug-likeness (QED) is 0.438. The topological polar surface area (TPSA) is 74.3 Å². The van der Waals surface area contributed by atoms with E-state index in [9.17, 15) is 9.59 Å². The Bertz CT molecular complexity index is 1160. The number of aromatic nitrogens is 1. The van der Waals surface area contributed by atoms with Crippen molar-refractivity contribution in [2.75, 3.05) is 23.3 Å². The van der Waals surface area contributed by atoms with Gasteiger partial charge in [0.15, 0.2) is 0 Å². The first-order chi connectivity index (χ1) is 17.0. The van der Waals surface area contributed by atoms with E-state index in [1.807, 2.05) is 43.3 Å². The third-order valence-corrected chi connectivity index (χ3v) is 6.66. The summed E-state index contributed by atoms with van der Waals surface area (Å²) in [5.41, 5.74) is 4.08. The number of nitrogens with one attached hydrogen (secondary N) is 2. The fourth-order valence-corrected chi connectivity index (χ4v) is 4.64. The second-order valence-corrected chi connectivity index (χ2v) is 9.62. The second kappa shape index (κ2) is 11.8. The minimum atomic E-state index is -0.160. The van der Waals surface area contributed by atoms with Gasteiger partial charge in [-0.3, -0.25) is 9.59 Å². The highest BCUT2D eigenvalue weighted by Crippen LogP contribution is 2.27. The van der Waals surface area contributed by atoms with Gasteiger partial charge in [-0.25, -0.2) is 4.98 Å². The molecule has 2 heterocycles. The van der Waals surface area contributed by atoms with Gasteiger partial charge in [-0.2, -0.15) is 0 Å². The van der Waals surface area contributed by atoms with E-state index in [0.29, 0.717) is 0 Å². The predicted octanol–water partition coefficient (Wildman–Crippen LogP) is 5.39. The van der Waals surface area contributed by atoms with Crippen LogP contribution in [0.3, 0.4) is 0 Å². The molecule has 1 unspecified atom stereocenters. The van der Waals surface area contributed by atoms with Crippen LogP contribution in [0.1, 0.15) is 56.6 Å². The molecule has 1 aliphatic rings. The molecule has 0 radical (unpaired) electrons. The summed E-state index contributed by atoms with van der Waals surface area (Å²) in [4.78, 5) is 32.0. The largest absolute Gasteiger partial charge is 0.357 e. The summed E-state index contributed by atoms with van der Waals surface area (Å²) in [6.45, 7) is 6.21. The third kappa shape index (κ3) is 7.04. The number of amides is 2. The van der Waals surface area contributed by atoms with E-state index in [-0.39, 0.29) is 30.7 Å². The highest BCUT2D eigenvalue weighted by molar-refractivity contribution is 5.96. The fraction of sp³-hybridized carbons (Fsp3) is 0.414. The lowest BCUT2D eigenvalue weighted by molar-refractivity contribution is -0.124. The van der Waals surface area contributed by atoms with Gasteiger partial charge in [0.2, 0.25) is 11.8 Å². The van der Waals surface area contributed by atoms with Gasteiger partial charge in [0.05, 0.1) is 5.52 Å². The number of hydrogen-bond donors (Lipinski definition) is 2. The number of carbonyl (C=O) groups is 2. The van der Waals surface area contributed by atoms with Crippen molar-refractivity contribution in [1.82, 2.24) is 10.3 Å². The maximum Gasteiger partial charge on any atom is 0.224 e. The van der Waals surface area contributed by atoms with Crippen LogP contribution in [0, 0.1) is 6.92 Å². The predicted molar refractivity (Wildman–Crippen MR) is 143 cm³/mol. The monoisotopic (exact) mass is 472 g/mol. The molecule has 184 valence electrons. The maximum absolute atomic E-state index is 12.5. The van der Waals surface area contributed by atoms with Gasteiger partial charge in [0.25, 0.3) is 0 Å². The van der Waals surface area contributed by atoms with Gasteiger partial charge in [-0.05, 0) is 81.3 Å². The van der Waals surface area contributed by atoms with E-state index in [1.165, 1.54) is 24.8 Å². The Labute approximate surface area is 208 Å². The van der Waals surface area contributed by atoms with E-state index < -0.39 is 0 Å². The number of pyridine rings is 1. The Hall–Kier alpha value is -3.41. The lowest BCUT2D eigenvalue weighted by Gasteiger charge is -2.28. The molecular weight excluding hydrogens is 436 g/mol. The van der Waals surface area contributed by atoms with E-state index in [0.717, 1.165) is 53.9 Å². The molecule has 3 aromatic rings. The molecule has 2 aromatic carbocycles. The number of aryl methyl sites for hydroxylation is 2. The molecule has 0 saturated carbocycles. The summed E-state index contributed by atoms with van der Waals surface area (Å²) in [6.07, 6.45) is 5.84. The molecule has 1 saturated heterocycles. The first-order valence-electron chi connectivity index (χ1n) is 12.8. The van der Waals surface area contributed by atoms with Crippen LogP contribution < -0.4 is 15.5 Å². The van der Waals surface area contributed by atoms with Crippen molar-refractivity contribution >= 4 is 34.2 Å². The van der Waals surface area contributed by atoms with Gasteiger partial charge >= 0.3 is 0 Å². The molecule has 1 aliphatic heterocycles. The molecule has 1 fully saturated rings. The SMILES string of the molecule is Cc1cc(N2CCCCC2)nc2ccc(NC(=O)CCC(=O)NC(C)CCc3ccccc3)cc12. The Morgan fingerprint density at radius 2 is 1.71 bits per heavy atom. The number of anilines is 2. The van der Waals surface area contributed by atoms with Gasteiger partial charge in [-0.1, -0.05) is 30.3 Å². The van der Waals surface area contributed by atoms with Gasteiger partial charge < -0.3 is 15.5 Å². The van der Waals surface area contributed by atoms with Crippen LogP contribution in [0.5, 0.6) is 0 Å². The van der Waals surface area contributed by atoms with Crippen molar-refractivity contribution in [2.45, 2.75) is 64.8 Å². The van der Waals surface area contributed by atoms with Crippen LogP contribution in [0.15, 0.2) is 54.6 Å². The molecule has 6 nitrogen and oxygen atoms in total. The molecule has 35 heavy (non-hydrogen) atoms. The smallest absolute Gasteiger partial charge is 0.224 e. The van der Waals surface area contributed by atoms with Gasteiger partial charge in [0, 0.05) is 43.0 Å². The number of fused-ring (bicyclic) bond motifs is 1. The highest BCUT2D eigenvalue weighted by Gasteiger charge is 2.15. The minimum Gasteiger partial charge on any atom is -0.357 e. The number of piperidine rings is 1. The lowest BCUT2D eigenvalue weighted by atomic mass is 10.1. The number of carbonyl (C=O) groups excluding carboxylic acids is 2. The zero-order chi connectivity index (χ0) is 24.6. The summed E-state index contributed by atoms with van der Waals surface area (Å²) in [6, 6.07) is 18.3. The fourth-order valence-electron chi connectivity index (χ4n) is 4.64. The molecule has 0 spiro atoms. The molecule has 4 rings (SSSR count). The molecular formula is C29H36N4O2. The van der Waals surface area contributed by atoms with Crippen LogP contribution in [0.2, 0.25) is 0 Å². The maximum atomic E-state index is 12.5. The molecule has 2 amide bonds. The average Bonchev–Trinajstić information content (AvgIpc) is 2.87. The van der Waals surface area contributed by atoms with Crippen molar-refractivity contribution < 1.29 is 9.59 Å². The van der Waals surface area contributed by atoms with Crippen LogP contribution in [0.25, 0.3) is 10.9 Å². The standard InChI is InChI=1S/C29H36N4O2/c1-21-19-27(33-17-7-4-8-18-33)32-26-14-13-24(20-25(21)26)31-29(35)16-15-28(34)30-22(2)11-12-23-9-5-3-6-10-23/h3,5-6,9-10,13-14,19-20,22H,4,7-8,11-12,15-18H2,1-2H3,(H,30,34)(H,31,35). The molecule has 0 bridgehead atoms. The van der Waals surface area contributed by atoms with Crippen molar-refractivity contribution in [3.05, 3.63) is 65.7 Å². The summed E-state index contributed by atoms with van der Waals surface area (Å²) < 4.78 is 0. The van der Waals surface area contributed by atoms with Crippen LogP contribution in [-0.4, -0.2) is 35.9 Å². The molecule has 6 heteroatoms. The zero-order valence-electron chi connectivity index (χ0n) is 20.8. The summed E-state index contributed by atoms with van der Waals surface area (Å²) >= 11 is 0. The van der Waals surface area contributed by atoms with Crippen LogP contribution in [0.4, 0.5) is 11.5 Å². The minimum absolute atomic E-state index is 0.0663. The van der Waals surface area contributed by atoms with Crippen molar-refractivity contribution in [3.63, 3.8) is 0 Å². The number of benzene rings is 2. The number of hydrogen-bond acceptors (Lipinski definition) is 4. The average molecular weight is 473 g/mol. The zero-order valence-corrected chi connectivity index (χ0v) is 20.8. The molecule has 0 aliphatic carbocycles. The van der Waals surface area contributed by atoms with Gasteiger partial charge in [-0.15, -0.1) is 0 Å². The van der Waals surface area contributed by atoms with Crippen LogP contribution in [-0.2, 0) is 16.0 Å². The Morgan fingerprint density at radius 3 is 2.49 bits per heavy atom. The van der Waals surface area contributed by atoms with Gasteiger partial charge in [0.1, 0.15) is 5.82 Å². The number of rotatable bonds is 9. The number of nitrogens with zero attached hydrogens (tertiary/aromatic N) is 2. The van der Waals surface area contributed by atoms with Crippen molar-refractivity contribution in [3.8, 4) is 0 Å². The van der Waals surface area contributed by atoms with Crippen LogP contribution >= 0.6 is 0 Å². The Morgan fingerprint density at radius 1 is 0.971 bits per heavy atom. The van der Waals surface area contributed by atoms with E-state index in [4.69, 9.17) is 4.98 Å². The summed E-state index contributed by atoms with van der Waals surface area (Å²) in [7, 11) is 0. The normalized spacial score (nSPS) is 14.5. The Balaban J connectivity index is 1.26. The Kier molecular flexibility index (Phi) is 8.35. The lowest BCUT2D eigenvalue weighted by Crippen LogP contribution is -2.33.